The SMILES string of the molecule is Cc1ccc(CC(N)Cc2sccc2Br)cc1. The lowest BCUT2D eigenvalue weighted by atomic mass is 10.0. The molecule has 17 heavy (non-hydrogen) atoms. The van der Waals surface area contributed by atoms with Crippen molar-refractivity contribution in [2.75, 3.05) is 0 Å². The van der Waals surface area contributed by atoms with Crippen LogP contribution in [-0.4, -0.2) is 6.04 Å². The van der Waals surface area contributed by atoms with E-state index in [2.05, 4.69) is 58.6 Å². The summed E-state index contributed by atoms with van der Waals surface area (Å²) in [6.07, 6.45) is 1.87. The van der Waals surface area contributed by atoms with Crippen molar-refractivity contribution in [1.82, 2.24) is 0 Å². The smallest absolute Gasteiger partial charge is 0.0314 e. The Morgan fingerprint density at radius 2 is 1.88 bits per heavy atom. The Morgan fingerprint density at radius 3 is 2.47 bits per heavy atom. The van der Waals surface area contributed by atoms with Gasteiger partial charge in [0.05, 0.1) is 0 Å². The van der Waals surface area contributed by atoms with Crippen LogP contribution in [0, 0.1) is 6.92 Å². The van der Waals surface area contributed by atoms with Crippen LogP contribution in [0.5, 0.6) is 0 Å². The maximum atomic E-state index is 6.19. The maximum Gasteiger partial charge on any atom is 0.0314 e. The zero-order chi connectivity index (χ0) is 12.3. The van der Waals surface area contributed by atoms with E-state index in [9.17, 15) is 0 Å². The lowest BCUT2D eigenvalue weighted by Crippen LogP contribution is -2.25. The third kappa shape index (κ3) is 3.66. The molecule has 1 aromatic carbocycles. The summed E-state index contributed by atoms with van der Waals surface area (Å²) in [5.74, 6) is 0. The van der Waals surface area contributed by atoms with Gasteiger partial charge in [0.2, 0.25) is 0 Å². The zero-order valence-corrected chi connectivity index (χ0v) is 12.2. The fourth-order valence-electron chi connectivity index (χ4n) is 1.81. The molecule has 0 aliphatic heterocycles. The van der Waals surface area contributed by atoms with Gasteiger partial charge in [0.1, 0.15) is 0 Å². The Kier molecular flexibility index (Phi) is 4.37. The van der Waals surface area contributed by atoms with E-state index in [1.807, 2.05) is 0 Å². The Labute approximate surface area is 115 Å². The molecular weight excluding hydrogens is 294 g/mol. The highest BCUT2D eigenvalue weighted by atomic mass is 79.9. The third-order valence-corrected chi connectivity index (χ3v) is 4.71. The van der Waals surface area contributed by atoms with E-state index in [1.54, 1.807) is 11.3 Å². The molecule has 0 fully saturated rings. The van der Waals surface area contributed by atoms with Gasteiger partial charge >= 0.3 is 0 Å². The second-order valence-electron chi connectivity index (χ2n) is 4.35. The van der Waals surface area contributed by atoms with Gasteiger partial charge in [-0.2, -0.15) is 0 Å². The van der Waals surface area contributed by atoms with E-state index in [0.717, 1.165) is 12.8 Å². The van der Waals surface area contributed by atoms with Crippen molar-refractivity contribution in [3.63, 3.8) is 0 Å². The number of hydrogen-bond acceptors (Lipinski definition) is 2. The molecule has 0 aliphatic rings. The Bertz CT molecular complexity index is 475. The molecule has 90 valence electrons. The van der Waals surface area contributed by atoms with Crippen LogP contribution in [-0.2, 0) is 12.8 Å². The third-order valence-electron chi connectivity index (χ3n) is 2.76. The van der Waals surface area contributed by atoms with E-state index >= 15 is 0 Å². The van der Waals surface area contributed by atoms with Crippen LogP contribution in [0.15, 0.2) is 40.2 Å². The van der Waals surface area contributed by atoms with E-state index < -0.39 is 0 Å². The summed E-state index contributed by atoms with van der Waals surface area (Å²) in [4.78, 5) is 1.34. The van der Waals surface area contributed by atoms with Crippen LogP contribution in [0.4, 0.5) is 0 Å². The molecule has 3 heteroatoms. The Hall–Kier alpha value is -0.640. The Balaban J connectivity index is 1.95. The second kappa shape index (κ2) is 5.80. The van der Waals surface area contributed by atoms with Gasteiger partial charge in [0.25, 0.3) is 0 Å². The molecule has 0 bridgehead atoms. The summed E-state index contributed by atoms with van der Waals surface area (Å²) < 4.78 is 1.18. The van der Waals surface area contributed by atoms with Crippen molar-refractivity contribution in [3.8, 4) is 0 Å². The summed E-state index contributed by atoms with van der Waals surface area (Å²) in [7, 11) is 0. The van der Waals surface area contributed by atoms with Gasteiger partial charge < -0.3 is 5.73 Å². The number of benzene rings is 1. The van der Waals surface area contributed by atoms with Crippen LogP contribution in [0.25, 0.3) is 0 Å². The number of thiophene rings is 1. The minimum atomic E-state index is 0.188. The second-order valence-corrected chi connectivity index (χ2v) is 6.20. The number of aryl methyl sites for hydroxylation is 1. The molecule has 2 aromatic rings. The molecule has 2 N–H and O–H groups in total. The van der Waals surface area contributed by atoms with Crippen molar-refractivity contribution in [2.45, 2.75) is 25.8 Å². The summed E-state index contributed by atoms with van der Waals surface area (Å²) in [5.41, 5.74) is 8.80. The fraction of sp³-hybridized carbons (Fsp3) is 0.286. The van der Waals surface area contributed by atoms with Crippen molar-refractivity contribution in [2.24, 2.45) is 5.73 Å². The lowest BCUT2D eigenvalue weighted by molar-refractivity contribution is 0.669. The van der Waals surface area contributed by atoms with Gasteiger partial charge in [0, 0.05) is 15.4 Å². The molecule has 1 atom stereocenters. The summed E-state index contributed by atoms with van der Waals surface area (Å²) in [5, 5.41) is 2.10. The summed E-state index contributed by atoms with van der Waals surface area (Å²) >= 11 is 5.31. The number of rotatable bonds is 4. The van der Waals surface area contributed by atoms with Crippen molar-refractivity contribution >= 4 is 27.3 Å². The van der Waals surface area contributed by atoms with Crippen molar-refractivity contribution < 1.29 is 0 Å². The molecule has 1 unspecified atom stereocenters. The predicted molar refractivity (Wildman–Crippen MR) is 78.6 cm³/mol. The molecule has 1 aromatic heterocycles. The van der Waals surface area contributed by atoms with Gasteiger partial charge in [-0.05, 0) is 52.7 Å². The van der Waals surface area contributed by atoms with Gasteiger partial charge in [-0.1, -0.05) is 29.8 Å². The Morgan fingerprint density at radius 1 is 1.18 bits per heavy atom. The van der Waals surface area contributed by atoms with Crippen LogP contribution >= 0.6 is 27.3 Å². The van der Waals surface area contributed by atoms with E-state index in [1.165, 1.54) is 20.5 Å². The number of hydrogen-bond donors (Lipinski definition) is 1. The first-order chi connectivity index (χ1) is 8.15. The standard InChI is InChI=1S/C14H16BrNS/c1-10-2-4-11(5-3-10)8-12(16)9-14-13(15)6-7-17-14/h2-7,12H,8-9,16H2,1H3. The van der Waals surface area contributed by atoms with Gasteiger partial charge in [-0.3, -0.25) is 0 Å². The van der Waals surface area contributed by atoms with E-state index in [4.69, 9.17) is 5.73 Å². The average Bonchev–Trinajstić information content (AvgIpc) is 2.68. The molecule has 0 amide bonds. The minimum absolute atomic E-state index is 0.188. The number of halogens is 1. The molecule has 1 nitrogen and oxygen atoms in total. The molecule has 0 saturated heterocycles. The summed E-state index contributed by atoms with van der Waals surface area (Å²) in [6.45, 7) is 2.10. The molecule has 1 heterocycles. The van der Waals surface area contributed by atoms with Gasteiger partial charge in [-0.15, -0.1) is 11.3 Å². The first-order valence-corrected chi connectivity index (χ1v) is 7.35. The molecule has 0 spiro atoms. The maximum absolute atomic E-state index is 6.19. The van der Waals surface area contributed by atoms with E-state index in [0.29, 0.717) is 0 Å². The molecule has 0 radical (unpaired) electrons. The molecule has 0 saturated carbocycles. The fourth-order valence-corrected chi connectivity index (χ4v) is 3.42. The van der Waals surface area contributed by atoms with Crippen LogP contribution in [0.2, 0.25) is 0 Å². The minimum Gasteiger partial charge on any atom is -0.327 e. The quantitative estimate of drug-likeness (QED) is 0.910. The van der Waals surface area contributed by atoms with Gasteiger partial charge in [-0.25, -0.2) is 0 Å². The highest BCUT2D eigenvalue weighted by molar-refractivity contribution is 9.10. The highest BCUT2D eigenvalue weighted by Crippen LogP contribution is 2.24. The first kappa shape index (κ1) is 12.8. The van der Waals surface area contributed by atoms with E-state index in [-0.39, 0.29) is 6.04 Å². The predicted octanol–water partition coefficient (Wildman–Crippen LogP) is 3.93. The normalized spacial score (nSPS) is 12.6. The average molecular weight is 310 g/mol. The van der Waals surface area contributed by atoms with Crippen molar-refractivity contribution in [3.05, 3.63) is 56.2 Å². The highest BCUT2D eigenvalue weighted by Gasteiger charge is 2.09. The largest absolute Gasteiger partial charge is 0.327 e. The molecular formula is C14H16BrNS. The first-order valence-electron chi connectivity index (χ1n) is 5.68. The van der Waals surface area contributed by atoms with Gasteiger partial charge in [0.15, 0.2) is 0 Å². The molecule has 2 rings (SSSR count). The van der Waals surface area contributed by atoms with Crippen LogP contribution in [0.3, 0.4) is 0 Å². The summed E-state index contributed by atoms with van der Waals surface area (Å²) in [6, 6.07) is 10.9. The van der Waals surface area contributed by atoms with Crippen molar-refractivity contribution in [1.29, 1.82) is 0 Å². The zero-order valence-electron chi connectivity index (χ0n) is 9.82. The lowest BCUT2D eigenvalue weighted by Gasteiger charge is -2.11. The van der Waals surface area contributed by atoms with Crippen LogP contribution < -0.4 is 5.73 Å². The van der Waals surface area contributed by atoms with Crippen LogP contribution in [0.1, 0.15) is 16.0 Å². The number of nitrogens with two attached hydrogens (primary N) is 1. The monoisotopic (exact) mass is 309 g/mol. The topological polar surface area (TPSA) is 26.0 Å². The molecule has 0 aliphatic carbocycles.